The minimum absolute atomic E-state index is 0.189. The third-order valence-electron chi connectivity index (χ3n) is 5.41. The van der Waals surface area contributed by atoms with Gasteiger partial charge in [0.1, 0.15) is 5.82 Å². The number of fused-ring (bicyclic) bond motifs is 1. The fourth-order valence-electron chi connectivity index (χ4n) is 3.82. The molecule has 1 atom stereocenters. The van der Waals surface area contributed by atoms with Crippen LogP contribution in [-0.4, -0.2) is 35.3 Å². The summed E-state index contributed by atoms with van der Waals surface area (Å²) in [7, 11) is 0. The highest BCUT2D eigenvalue weighted by Crippen LogP contribution is 2.23. The largest absolute Gasteiger partial charge is 0.371 e. The molecule has 150 valence electrons. The van der Waals surface area contributed by atoms with E-state index in [0.717, 1.165) is 25.2 Å². The molecule has 3 aromatic rings. The van der Waals surface area contributed by atoms with Crippen molar-refractivity contribution in [3.05, 3.63) is 70.4 Å². The number of hydrogen-bond donors (Lipinski definition) is 1. The third-order valence-corrected chi connectivity index (χ3v) is 5.41. The highest BCUT2D eigenvalue weighted by Gasteiger charge is 2.24. The van der Waals surface area contributed by atoms with Crippen LogP contribution in [0, 0.1) is 11.7 Å². The lowest BCUT2D eigenvalue weighted by Gasteiger charge is -2.19. The fraction of sp³-hybridized carbons (Fsp3) is 0.318. The number of nitrogens with zero attached hydrogens (tertiary/aromatic N) is 3. The Bertz CT molecular complexity index is 1090. The maximum absolute atomic E-state index is 13.1. The van der Waals surface area contributed by atoms with Crippen molar-refractivity contribution < 1.29 is 9.18 Å². The number of rotatable bonds is 5. The van der Waals surface area contributed by atoms with E-state index >= 15 is 0 Å². The van der Waals surface area contributed by atoms with Crippen molar-refractivity contribution in [2.45, 2.75) is 19.9 Å². The monoisotopic (exact) mass is 394 g/mol. The second-order valence-corrected chi connectivity index (χ2v) is 7.30. The minimum atomic E-state index is -0.274. The molecular formula is C22H23FN4O2. The lowest BCUT2D eigenvalue weighted by Crippen LogP contribution is -2.34. The summed E-state index contributed by atoms with van der Waals surface area (Å²) in [5, 5.41) is 8.33. The zero-order valence-electron chi connectivity index (χ0n) is 16.3. The average molecular weight is 394 g/mol. The van der Waals surface area contributed by atoms with E-state index in [9.17, 15) is 14.0 Å². The van der Waals surface area contributed by atoms with E-state index in [4.69, 9.17) is 0 Å². The molecule has 0 aliphatic carbocycles. The molecule has 1 N–H and O–H groups in total. The molecule has 29 heavy (non-hydrogen) atoms. The maximum atomic E-state index is 13.1. The van der Waals surface area contributed by atoms with Gasteiger partial charge >= 0.3 is 0 Å². The van der Waals surface area contributed by atoms with E-state index in [2.05, 4.69) is 15.3 Å². The summed E-state index contributed by atoms with van der Waals surface area (Å²) in [5.74, 6) is -0.221. The van der Waals surface area contributed by atoms with Crippen molar-refractivity contribution in [2.24, 2.45) is 5.92 Å². The third kappa shape index (κ3) is 3.85. The topological polar surface area (TPSA) is 67.2 Å². The second kappa shape index (κ2) is 8.03. The molecule has 0 spiro atoms. The van der Waals surface area contributed by atoms with Gasteiger partial charge in [-0.3, -0.25) is 9.59 Å². The number of halogens is 1. The molecule has 4 rings (SSSR count). The van der Waals surface area contributed by atoms with Crippen LogP contribution in [-0.2, 0) is 6.54 Å². The van der Waals surface area contributed by atoms with Crippen LogP contribution in [0.2, 0.25) is 0 Å². The van der Waals surface area contributed by atoms with Crippen molar-refractivity contribution >= 4 is 22.4 Å². The van der Waals surface area contributed by atoms with Crippen LogP contribution in [0.15, 0.2) is 53.3 Å². The highest BCUT2D eigenvalue weighted by molar-refractivity contribution is 6.04. The van der Waals surface area contributed by atoms with Gasteiger partial charge in [-0.05, 0) is 49.6 Å². The number of anilines is 1. The van der Waals surface area contributed by atoms with Crippen LogP contribution in [0.1, 0.15) is 23.8 Å². The molecule has 1 aromatic heterocycles. The SMILES string of the molecule is CCn1nc(C(=O)NC[C@@H]2CCN(c3ccc(F)cc3)C2)c2ccccc2c1=O. The van der Waals surface area contributed by atoms with E-state index in [1.165, 1.54) is 16.8 Å². The molecule has 1 aliphatic rings. The van der Waals surface area contributed by atoms with Crippen molar-refractivity contribution in [1.82, 2.24) is 15.1 Å². The lowest BCUT2D eigenvalue weighted by atomic mass is 10.1. The highest BCUT2D eigenvalue weighted by atomic mass is 19.1. The van der Waals surface area contributed by atoms with E-state index < -0.39 is 0 Å². The molecule has 2 heterocycles. The predicted molar refractivity (Wildman–Crippen MR) is 111 cm³/mol. The smallest absolute Gasteiger partial charge is 0.274 e. The number of aromatic nitrogens is 2. The molecular weight excluding hydrogens is 371 g/mol. The van der Waals surface area contributed by atoms with Gasteiger partial charge in [0, 0.05) is 37.3 Å². The number of carbonyl (C=O) groups excluding carboxylic acids is 1. The maximum Gasteiger partial charge on any atom is 0.274 e. The van der Waals surface area contributed by atoms with Gasteiger partial charge in [-0.25, -0.2) is 9.07 Å². The fourth-order valence-corrected chi connectivity index (χ4v) is 3.82. The first kappa shape index (κ1) is 19.1. The number of aryl methyl sites for hydroxylation is 1. The Balaban J connectivity index is 1.46. The van der Waals surface area contributed by atoms with Gasteiger partial charge in [-0.2, -0.15) is 5.10 Å². The zero-order chi connectivity index (χ0) is 20.4. The first-order valence-electron chi connectivity index (χ1n) is 9.85. The molecule has 6 nitrogen and oxygen atoms in total. The summed E-state index contributed by atoms with van der Waals surface area (Å²) >= 11 is 0. The molecule has 7 heteroatoms. The van der Waals surface area contributed by atoms with Gasteiger partial charge in [-0.1, -0.05) is 18.2 Å². The standard InChI is InChI=1S/C22H23FN4O2/c1-2-27-22(29)19-6-4-3-5-18(19)20(25-27)21(28)24-13-15-11-12-26(14-15)17-9-7-16(23)8-10-17/h3-10,15H,2,11-14H2,1H3,(H,24,28)/t15-/m0/s1. The first-order valence-corrected chi connectivity index (χ1v) is 9.85. The number of amides is 1. The number of hydrogen-bond acceptors (Lipinski definition) is 4. The Labute approximate surface area is 167 Å². The van der Waals surface area contributed by atoms with Crippen molar-refractivity contribution in [1.29, 1.82) is 0 Å². The van der Waals surface area contributed by atoms with E-state index in [1.54, 1.807) is 36.4 Å². The molecule has 0 bridgehead atoms. The quantitative estimate of drug-likeness (QED) is 0.723. The Hall–Kier alpha value is -3.22. The lowest BCUT2D eigenvalue weighted by molar-refractivity contribution is 0.0943. The first-order chi connectivity index (χ1) is 14.1. The minimum Gasteiger partial charge on any atom is -0.371 e. The average Bonchev–Trinajstić information content (AvgIpc) is 3.22. The van der Waals surface area contributed by atoms with Gasteiger partial charge in [0.05, 0.1) is 5.39 Å². The van der Waals surface area contributed by atoms with Crippen LogP contribution in [0.3, 0.4) is 0 Å². The Morgan fingerprint density at radius 1 is 1.17 bits per heavy atom. The van der Waals surface area contributed by atoms with Crippen LogP contribution < -0.4 is 15.8 Å². The second-order valence-electron chi connectivity index (χ2n) is 7.30. The van der Waals surface area contributed by atoms with Gasteiger partial charge in [0.25, 0.3) is 11.5 Å². The predicted octanol–water partition coefficient (Wildman–Crippen LogP) is 2.81. The summed E-state index contributed by atoms with van der Waals surface area (Å²) in [4.78, 5) is 27.5. The Morgan fingerprint density at radius 3 is 2.62 bits per heavy atom. The molecule has 0 unspecified atom stereocenters. The molecule has 2 aromatic carbocycles. The van der Waals surface area contributed by atoms with Crippen molar-refractivity contribution in [3.63, 3.8) is 0 Å². The number of nitrogens with one attached hydrogen (secondary N) is 1. The normalized spacial score (nSPS) is 16.3. The number of carbonyl (C=O) groups is 1. The Kier molecular flexibility index (Phi) is 5.29. The number of benzene rings is 2. The molecule has 1 amide bonds. The van der Waals surface area contributed by atoms with Gasteiger partial charge in [-0.15, -0.1) is 0 Å². The summed E-state index contributed by atoms with van der Waals surface area (Å²) in [5.41, 5.74) is 1.07. The van der Waals surface area contributed by atoms with Crippen LogP contribution in [0.5, 0.6) is 0 Å². The summed E-state index contributed by atoms with van der Waals surface area (Å²) in [6, 6.07) is 13.5. The van der Waals surface area contributed by atoms with E-state index in [1.807, 2.05) is 6.92 Å². The molecule has 0 radical (unpaired) electrons. The van der Waals surface area contributed by atoms with E-state index in [-0.39, 0.29) is 23.0 Å². The van der Waals surface area contributed by atoms with E-state index in [0.29, 0.717) is 29.8 Å². The summed E-state index contributed by atoms with van der Waals surface area (Å²) < 4.78 is 14.4. The van der Waals surface area contributed by atoms with Gasteiger partial charge in [0.15, 0.2) is 5.69 Å². The van der Waals surface area contributed by atoms with Gasteiger partial charge < -0.3 is 10.2 Å². The summed E-state index contributed by atoms with van der Waals surface area (Å²) in [6.45, 7) is 4.42. The molecule has 1 aliphatic heterocycles. The molecule has 1 fully saturated rings. The molecule has 1 saturated heterocycles. The zero-order valence-corrected chi connectivity index (χ0v) is 16.3. The Morgan fingerprint density at radius 2 is 1.90 bits per heavy atom. The van der Waals surface area contributed by atoms with Crippen LogP contribution in [0.25, 0.3) is 10.8 Å². The van der Waals surface area contributed by atoms with Crippen molar-refractivity contribution in [2.75, 3.05) is 24.5 Å². The summed E-state index contributed by atoms with van der Waals surface area (Å²) in [6.07, 6.45) is 0.945. The molecule has 0 saturated carbocycles. The van der Waals surface area contributed by atoms with Gasteiger partial charge in [0.2, 0.25) is 0 Å². The van der Waals surface area contributed by atoms with Crippen molar-refractivity contribution in [3.8, 4) is 0 Å². The van der Waals surface area contributed by atoms with Crippen LogP contribution >= 0.6 is 0 Å². The van der Waals surface area contributed by atoms with Crippen LogP contribution in [0.4, 0.5) is 10.1 Å².